The van der Waals surface area contributed by atoms with E-state index in [2.05, 4.69) is 6.58 Å². The number of carbonyl (C=O) groups is 2. The van der Waals surface area contributed by atoms with Crippen LogP contribution in [-0.4, -0.2) is 32.3 Å². The molecule has 0 fully saturated rings. The van der Waals surface area contributed by atoms with Crippen LogP contribution in [0.3, 0.4) is 0 Å². The van der Waals surface area contributed by atoms with Gasteiger partial charge in [0.2, 0.25) is 0 Å². The molecular formula is C24H28O6. The van der Waals surface area contributed by atoms with Crippen molar-refractivity contribution in [1.82, 2.24) is 0 Å². The van der Waals surface area contributed by atoms with Crippen molar-refractivity contribution < 1.29 is 28.5 Å². The maximum absolute atomic E-state index is 12.3. The van der Waals surface area contributed by atoms with Crippen LogP contribution in [0.4, 0.5) is 0 Å². The first kappa shape index (κ1) is 23.0. The minimum Gasteiger partial charge on any atom is -0.497 e. The summed E-state index contributed by atoms with van der Waals surface area (Å²) >= 11 is 0. The van der Waals surface area contributed by atoms with Crippen molar-refractivity contribution in [1.29, 1.82) is 0 Å². The Bertz CT molecular complexity index is 841. The van der Waals surface area contributed by atoms with E-state index >= 15 is 0 Å². The normalized spacial score (nSPS) is 10.2. The molecule has 0 bridgehead atoms. The van der Waals surface area contributed by atoms with Gasteiger partial charge in [-0.25, -0.2) is 9.59 Å². The zero-order chi connectivity index (χ0) is 21.8. The van der Waals surface area contributed by atoms with Gasteiger partial charge in [-0.1, -0.05) is 6.58 Å². The smallest absolute Gasteiger partial charge is 0.343 e. The molecule has 0 atom stereocenters. The average molecular weight is 412 g/mol. The summed E-state index contributed by atoms with van der Waals surface area (Å²) in [4.78, 5) is 23.3. The van der Waals surface area contributed by atoms with Crippen LogP contribution >= 0.6 is 0 Å². The second-order valence-corrected chi connectivity index (χ2v) is 6.68. The van der Waals surface area contributed by atoms with Crippen molar-refractivity contribution in [3.8, 4) is 17.2 Å². The molecule has 0 aliphatic rings. The van der Waals surface area contributed by atoms with Gasteiger partial charge in [-0.3, -0.25) is 0 Å². The Hall–Kier alpha value is -3.28. The van der Waals surface area contributed by atoms with Gasteiger partial charge in [0.1, 0.15) is 17.2 Å². The molecule has 160 valence electrons. The molecule has 0 aromatic heterocycles. The number of carbonyl (C=O) groups excluding carboxylic acids is 2. The van der Waals surface area contributed by atoms with Crippen molar-refractivity contribution >= 4 is 11.9 Å². The molecule has 30 heavy (non-hydrogen) atoms. The van der Waals surface area contributed by atoms with Gasteiger partial charge in [0.05, 0.1) is 25.9 Å². The zero-order valence-corrected chi connectivity index (χ0v) is 17.5. The van der Waals surface area contributed by atoms with Gasteiger partial charge in [0.15, 0.2) is 0 Å². The number of hydrogen-bond acceptors (Lipinski definition) is 6. The molecule has 2 aromatic rings. The number of aryl methyl sites for hydroxylation is 1. The minimum atomic E-state index is -0.424. The van der Waals surface area contributed by atoms with Crippen LogP contribution in [0.5, 0.6) is 17.2 Å². The van der Waals surface area contributed by atoms with Gasteiger partial charge in [-0.15, -0.1) is 0 Å². The van der Waals surface area contributed by atoms with Crippen LogP contribution in [0.15, 0.2) is 55.1 Å². The predicted octanol–water partition coefficient (Wildman–Crippen LogP) is 4.89. The van der Waals surface area contributed by atoms with E-state index in [0.29, 0.717) is 30.3 Å². The van der Waals surface area contributed by atoms with Gasteiger partial charge in [0.25, 0.3) is 0 Å². The van der Waals surface area contributed by atoms with Crippen molar-refractivity contribution in [2.75, 3.05) is 20.3 Å². The summed E-state index contributed by atoms with van der Waals surface area (Å²) in [5.74, 6) is 1.09. The average Bonchev–Trinajstić information content (AvgIpc) is 2.76. The highest BCUT2D eigenvalue weighted by molar-refractivity contribution is 5.91. The van der Waals surface area contributed by atoms with Gasteiger partial charge in [-0.05, 0) is 80.6 Å². The third kappa shape index (κ3) is 7.62. The molecular weight excluding hydrogens is 384 g/mol. The maximum Gasteiger partial charge on any atom is 0.343 e. The molecule has 2 rings (SSSR count). The number of ether oxygens (including phenoxy) is 4. The second-order valence-electron chi connectivity index (χ2n) is 6.68. The highest BCUT2D eigenvalue weighted by Crippen LogP contribution is 2.22. The number of hydrogen-bond donors (Lipinski definition) is 0. The van der Waals surface area contributed by atoms with E-state index in [4.69, 9.17) is 18.9 Å². The Morgan fingerprint density at radius 1 is 0.933 bits per heavy atom. The molecule has 0 aliphatic heterocycles. The van der Waals surface area contributed by atoms with Crippen molar-refractivity contribution in [2.24, 2.45) is 0 Å². The Labute approximate surface area is 177 Å². The lowest BCUT2D eigenvalue weighted by molar-refractivity contribution is -0.137. The fourth-order valence-corrected chi connectivity index (χ4v) is 2.72. The second kappa shape index (κ2) is 12.3. The van der Waals surface area contributed by atoms with Crippen molar-refractivity contribution in [2.45, 2.75) is 32.6 Å². The maximum atomic E-state index is 12.3. The first-order valence-corrected chi connectivity index (χ1v) is 9.92. The highest BCUT2D eigenvalue weighted by atomic mass is 16.5. The number of methoxy groups -OCH3 is 1. The number of esters is 2. The van der Waals surface area contributed by atoms with E-state index in [1.165, 1.54) is 6.08 Å². The van der Waals surface area contributed by atoms with Crippen molar-refractivity contribution in [3.05, 3.63) is 66.2 Å². The summed E-state index contributed by atoms with van der Waals surface area (Å²) in [6.07, 6.45) is 4.83. The van der Waals surface area contributed by atoms with Crippen molar-refractivity contribution in [3.63, 3.8) is 0 Å². The molecule has 0 unspecified atom stereocenters. The third-order valence-corrected chi connectivity index (χ3v) is 4.39. The van der Waals surface area contributed by atoms with Gasteiger partial charge >= 0.3 is 11.9 Å². The van der Waals surface area contributed by atoms with Gasteiger partial charge in [0, 0.05) is 6.08 Å². The van der Waals surface area contributed by atoms with Crippen LogP contribution in [0.25, 0.3) is 0 Å². The van der Waals surface area contributed by atoms with Crippen LogP contribution in [0, 0.1) is 6.92 Å². The van der Waals surface area contributed by atoms with E-state index in [1.54, 1.807) is 49.6 Å². The number of rotatable bonds is 12. The SMILES string of the molecule is C=CC(=O)OCCCCCCOc1ccc(C(=O)Oc2ccc(OC)cc2)cc1C. The van der Waals surface area contributed by atoms with E-state index in [0.717, 1.165) is 37.0 Å². The minimum absolute atomic E-state index is 0.384. The largest absolute Gasteiger partial charge is 0.497 e. The fourth-order valence-electron chi connectivity index (χ4n) is 2.72. The Morgan fingerprint density at radius 3 is 2.23 bits per heavy atom. The van der Waals surface area contributed by atoms with E-state index in [9.17, 15) is 9.59 Å². The quantitative estimate of drug-likeness (QED) is 0.214. The topological polar surface area (TPSA) is 71.1 Å². The summed E-state index contributed by atoms with van der Waals surface area (Å²) in [6, 6.07) is 12.1. The van der Waals surface area contributed by atoms with Gasteiger partial charge < -0.3 is 18.9 Å². The summed E-state index contributed by atoms with van der Waals surface area (Å²) < 4.78 is 21.2. The lowest BCUT2D eigenvalue weighted by Crippen LogP contribution is -2.09. The van der Waals surface area contributed by atoms with E-state index < -0.39 is 5.97 Å². The molecule has 6 heteroatoms. The number of unbranched alkanes of at least 4 members (excludes halogenated alkanes) is 3. The lowest BCUT2D eigenvalue weighted by Gasteiger charge is -2.11. The summed E-state index contributed by atoms with van der Waals surface area (Å²) in [5, 5.41) is 0. The molecule has 0 radical (unpaired) electrons. The predicted molar refractivity (Wildman–Crippen MR) is 114 cm³/mol. The van der Waals surface area contributed by atoms with Crippen LogP contribution < -0.4 is 14.2 Å². The van der Waals surface area contributed by atoms with E-state index in [1.807, 2.05) is 6.92 Å². The van der Waals surface area contributed by atoms with E-state index in [-0.39, 0.29) is 5.97 Å². The summed E-state index contributed by atoms with van der Waals surface area (Å²) in [7, 11) is 1.58. The van der Waals surface area contributed by atoms with Crippen LogP contribution in [0.1, 0.15) is 41.6 Å². The highest BCUT2D eigenvalue weighted by Gasteiger charge is 2.11. The number of benzene rings is 2. The summed E-state index contributed by atoms with van der Waals surface area (Å²) in [6.45, 7) is 6.25. The van der Waals surface area contributed by atoms with Crippen LogP contribution in [0.2, 0.25) is 0 Å². The first-order chi connectivity index (χ1) is 14.5. The molecule has 0 N–H and O–H groups in total. The Morgan fingerprint density at radius 2 is 1.60 bits per heavy atom. The standard InChI is InChI=1S/C24H28O6/c1-4-23(25)29-16-8-6-5-7-15-28-22-14-9-19(17-18(22)2)24(26)30-21-12-10-20(27-3)11-13-21/h4,9-14,17H,1,5-8,15-16H2,2-3H3. The van der Waals surface area contributed by atoms with Gasteiger partial charge in [-0.2, -0.15) is 0 Å². The Kier molecular flexibility index (Phi) is 9.45. The zero-order valence-electron chi connectivity index (χ0n) is 17.5. The lowest BCUT2D eigenvalue weighted by atomic mass is 10.1. The molecule has 0 heterocycles. The fraction of sp³-hybridized carbons (Fsp3) is 0.333. The summed E-state index contributed by atoms with van der Waals surface area (Å²) in [5.41, 5.74) is 1.33. The van der Waals surface area contributed by atoms with Crippen LogP contribution in [-0.2, 0) is 9.53 Å². The monoisotopic (exact) mass is 412 g/mol. The molecule has 2 aromatic carbocycles. The molecule has 0 amide bonds. The molecule has 0 saturated heterocycles. The molecule has 0 aliphatic carbocycles. The first-order valence-electron chi connectivity index (χ1n) is 9.92. The molecule has 0 spiro atoms. The third-order valence-electron chi connectivity index (χ3n) is 4.39. The Balaban J connectivity index is 1.73. The molecule has 6 nitrogen and oxygen atoms in total. The molecule has 0 saturated carbocycles.